The van der Waals surface area contributed by atoms with Crippen molar-refractivity contribution in [3.63, 3.8) is 0 Å². The van der Waals surface area contributed by atoms with Crippen LogP contribution < -0.4 is 50.1 Å². The number of nitro benzene ring substituents is 1. The Morgan fingerprint density at radius 1 is 0.767 bits per heavy atom. The molecule has 4 amide bonds. The Morgan fingerprint density at radius 2 is 1.28 bits per heavy atom. The van der Waals surface area contributed by atoms with Crippen LogP contribution in [0, 0.1) is 17.0 Å². The summed E-state index contributed by atoms with van der Waals surface area (Å²) in [6.45, 7) is -5.76. The number of rotatable bonds is 21. The van der Waals surface area contributed by atoms with Gasteiger partial charge in [-0.05, 0) is 55.3 Å². The van der Waals surface area contributed by atoms with E-state index in [9.17, 15) is 81.4 Å². The Balaban J connectivity index is 0.000000319. The molecule has 0 unspecified atom stereocenters. The van der Waals surface area contributed by atoms with Gasteiger partial charge in [0.25, 0.3) is 25.7 Å². The third-order valence-corrected chi connectivity index (χ3v) is 13.0. The predicted octanol–water partition coefficient (Wildman–Crippen LogP) is 6.50. The largest absolute Gasteiger partial charge is 0.480 e. The molecule has 0 aliphatic carbocycles. The van der Waals surface area contributed by atoms with Gasteiger partial charge >= 0.3 is 57.0 Å². The van der Waals surface area contributed by atoms with Crippen molar-refractivity contribution in [1.29, 1.82) is 0 Å². The van der Waals surface area contributed by atoms with Gasteiger partial charge in [-0.15, -0.1) is 0 Å². The van der Waals surface area contributed by atoms with Gasteiger partial charge in [0, 0.05) is 12.5 Å². The van der Waals surface area contributed by atoms with Gasteiger partial charge in [-0.2, -0.15) is 55.7 Å². The van der Waals surface area contributed by atoms with Crippen LogP contribution in [-0.4, -0.2) is 130 Å². The van der Waals surface area contributed by atoms with Crippen molar-refractivity contribution in [2.75, 3.05) is 36.3 Å². The highest BCUT2D eigenvalue weighted by atomic mass is 35.5. The molecule has 0 atom stereocenters. The Morgan fingerprint density at radius 3 is 1.78 bits per heavy atom. The summed E-state index contributed by atoms with van der Waals surface area (Å²) in [6, 6.07) is 18.7. The number of carboxylic acid groups (broad SMARTS) is 2. The zero-order chi connectivity index (χ0) is 64.7. The first kappa shape index (κ1) is 70.9. The number of nitrogens with zero attached hydrogens (tertiary/aromatic N) is 6. The molecule has 6 aromatic rings. The molecule has 0 spiro atoms. The van der Waals surface area contributed by atoms with Crippen molar-refractivity contribution in [3.05, 3.63) is 129 Å². The zero-order valence-electron chi connectivity index (χ0n) is 43.2. The van der Waals surface area contributed by atoms with Gasteiger partial charge in [0.1, 0.15) is 32.9 Å². The second kappa shape index (κ2) is 32.1. The van der Waals surface area contributed by atoms with E-state index in [0.29, 0.717) is 11.8 Å². The Labute approximate surface area is 483 Å². The molecule has 4 aromatic carbocycles. The maximum Gasteiger partial charge on any atom is 0.389 e. The molecular formula is C44H43ClF7N12O19PS2. The van der Waals surface area contributed by atoms with Crippen LogP contribution >= 0.6 is 19.2 Å². The maximum atomic E-state index is 12.5. The standard InChI is InChI=1S/C15H16F3N5O4S.C14H10F4N4O7S.C12H9ClN2O3.C3H8NO5P/c1-9-19-12(22-14(20-9)27-2)21-13(24)23-28(25,26)11-6-4-3-5-10(11)7-8-15(16,17)18;15-11(16)28-8-5-9(29-12(17)18)20-13(19-8)21-14(25)22-30(26,27)7-4-2-1-3-6(7)10(23)24;13-11-10(18-8-4-2-1-3-5-8)7-6-9(12(11)14)15(16)17;5-3(6)1-4-2-10(7,8)9/h3-6H,7-8H2,1-2H3,(H2,19,20,21,22,23,24);1-5,11-12H,(H,23,24)(H2,19,20,21,22,25);1-7H,14H2;4H,1-2H2,(H,5,6)(H2,7,8,9). The number of benzene rings is 4. The van der Waals surface area contributed by atoms with Gasteiger partial charge < -0.3 is 44.7 Å². The van der Waals surface area contributed by atoms with Crippen LogP contribution in [0.3, 0.4) is 0 Å². The fourth-order valence-electron chi connectivity index (χ4n) is 5.83. The van der Waals surface area contributed by atoms with E-state index < -0.39 is 135 Å². The van der Waals surface area contributed by atoms with E-state index in [-0.39, 0.29) is 45.5 Å². The van der Waals surface area contributed by atoms with Gasteiger partial charge in [0.15, 0.2) is 0 Å². The van der Waals surface area contributed by atoms with E-state index in [1.54, 1.807) is 34.3 Å². The third-order valence-electron chi connectivity index (χ3n) is 9.14. The number of carbonyl (C=O) groups excluding carboxylic acids is 2. The number of aliphatic carboxylic acids is 1. The molecule has 2 heterocycles. The summed E-state index contributed by atoms with van der Waals surface area (Å²) in [5, 5.41) is 33.6. The normalized spacial score (nSPS) is 11.2. The highest BCUT2D eigenvalue weighted by Crippen LogP contribution is 2.39. The second-order valence-electron chi connectivity index (χ2n) is 15.6. The molecule has 0 bridgehead atoms. The number of ether oxygens (including phenoxy) is 4. The summed E-state index contributed by atoms with van der Waals surface area (Å²) >= 11 is 5.94. The van der Waals surface area contributed by atoms with Gasteiger partial charge in [-0.25, -0.2) is 40.7 Å². The first-order chi connectivity index (χ1) is 40.0. The first-order valence-corrected chi connectivity index (χ1v) is 27.8. The Bertz CT molecular complexity index is 3620. The number of hydrogen-bond acceptors (Lipinski definition) is 22. The molecule has 0 aliphatic rings. The molecule has 0 saturated carbocycles. The lowest BCUT2D eigenvalue weighted by Crippen LogP contribution is -2.35. The fraction of sp³-hybridized carbons (Fsp3) is 0.205. The number of nitro groups is 1. The molecule has 42 heteroatoms. The molecule has 2 aromatic heterocycles. The quantitative estimate of drug-likeness (QED) is 0.0121. The van der Waals surface area contributed by atoms with E-state index in [2.05, 4.69) is 45.0 Å². The number of amides is 4. The topological polar surface area (TPSA) is 465 Å². The molecule has 466 valence electrons. The number of methoxy groups -OCH3 is 1. The van der Waals surface area contributed by atoms with E-state index in [4.69, 9.17) is 46.8 Å². The van der Waals surface area contributed by atoms with Gasteiger partial charge in [0.2, 0.25) is 23.7 Å². The number of nitrogens with one attached hydrogen (secondary N) is 5. The van der Waals surface area contributed by atoms with Gasteiger partial charge in [-0.1, -0.05) is 60.1 Å². The summed E-state index contributed by atoms with van der Waals surface area (Å²) in [6.07, 6.45) is -6.79. The average molecular weight is 1310 g/mol. The number of nitrogens with two attached hydrogens (primary N) is 1. The Hall–Kier alpha value is -9.34. The molecule has 0 radical (unpaired) electrons. The number of aromatic carboxylic acids is 1. The number of aromatic nitrogens is 5. The first-order valence-electron chi connectivity index (χ1n) is 22.6. The number of para-hydroxylation sites is 1. The van der Waals surface area contributed by atoms with Crippen LogP contribution in [-0.2, 0) is 35.8 Å². The number of aryl methyl sites for hydroxylation is 2. The van der Waals surface area contributed by atoms with Crippen molar-refractivity contribution in [2.24, 2.45) is 0 Å². The maximum absolute atomic E-state index is 12.5. The van der Waals surface area contributed by atoms with E-state index in [1.807, 2.05) is 6.07 Å². The summed E-state index contributed by atoms with van der Waals surface area (Å²) in [7, 11) is -12.0. The van der Waals surface area contributed by atoms with Crippen LogP contribution in [0.15, 0.2) is 107 Å². The number of carboxylic acids is 2. The average Bonchev–Trinajstić information content (AvgIpc) is 1.35. The molecular weight excluding hydrogens is 1260 g/mol. The van der Waals surface area contributed by atoms with E-state index >= 15 is 0 Å². The van der Waals surface area contributed by atoms with Crippen molar-refractivity contribution >= 4 is 86.5 Å². The molecule has 86 heavy (non-hydrogen) atoms. The van der Waals surface area contributed by atoms with Crippen molar-refractivity contribution < 1.29 is 115 Å². The van der Waals surface area contributed by atoms with Crippen LogP contribution in [0.1, 0.15) is 28.2 Å². The molecule has 0 fully saturated rings. The number of anilines is 3. The summed E-state index contributed by atoms with van der Waals surface area (Å²) < 4.78 is 167. The van der Waals surface area contributed by atoms with Crippen LogP contribution in [0.5, 0.6) is 29.3 Å². The SMILES string of the molecule is COc1nc(C)nc(NC(=O)NS(=O)(=O)c2ccccc2CCC(F)(F)F)n1.Nc1c([N+](=O)[O-])ccc(Oc2ccccc2)c1Cl.O=C(Nc1nc(OC(F)F)cc(OC(F)F)n1)NS(=O)(=O)c1ccccc1C(=O)O.O=C(O)CNCP(=O)(O)O. The van der Waals surface area contributed by atoms with Crippen molar-refractivity contribution in [2.45, 2.75) is 49.0 Å². The van der Waals surface area contributed by atoms with Crippen LogP contribution in [0.25, 0.3) is 0 Å². The lowest BCUT2D eigenvalue weighted by Gasteiger charge is -2.13. The van der Waals surface area contributed by atoms with E-state index in [1.165, 1.54) is 61.2 Å². The van der Waals surface area contributed by atoms with Crippen LogP contribution in [0.4, 0.5) is 63.6 Å². The number of halogens is 8. The predicted molar refractivity (Wildman–Crippen MR) is 281 cm³/mol. The number of nitrogen functional groups attached to an aromatic ring is 1. The minimum atomic E-state index is -4.71. The molecule has 11 N–H and O–H groups in total. The summed E-state index contributed by atoms with van der Waals surface area (Å²) in [5.41, 5.74) is 4.53. The summed E-state index contributed by atoms with van der Waals surface area (Å²) in [4.78, 5) is 88.0. The summed E-state index contributed by atoms with van der Waals surface area (Å²) in [5.74, 6) is -4.79. The monoisotopic (exact) mass is 1310 g/mol. The van der Waals surface area contributed by atoms with Crippen molar-refractivity contribution in [1.82, 2.24) is 39.7 Å². The van der Waals surface area contributed by atoms with Crippen molar-refractivity contribution in [3.8, 4) is 29.3 Å². The zero-order valence-corrected chi connectivity index (χ0v) is 46.5. The van der Waals surface area contributed by atoms with E-state index in [0.717, 1.165) is 18.2 Å². The molecule has 31 nitrogen and oxygen atoms in total. The fourth-order valence-corrected chi connectivity index (χ4v) is 8.71. The minimum Gasteiger partial charge on any atom is -0.480 e. The molecule has 0 aliphatic heterocycles. The van der Waals surface area contributed by atoms with Gasteiger partial charge in [-0.3, -0.25) is 35.4 Å². The number of hydrogen-bond donors (Lipinski definition) is 10. The number of carbonyl (C=O) groups is 4. The third kappa shape index (κ3) is 25.3. The molecule has 0 saturated heterocycles. The second-order valence-corrected chi connectivity index (χ2v) is 20.9. The number of sulfonamides is 2. The highest BCUT2D eigenvalue weighted by molar-refractivity contribution is 7.90. The lowest BCUT2D eigenvalue weighted by atomic mass is 10.1. The van der Waals surface area contributed by atoms with Crippen LogP contribution in [0.2, 0.25) is 5.02 Å². The highest BCUT2D eigenvalue weighted by Gasteiger charge is 2.30. The number of urea groups is 2. The number of alkyl halides is 7. The Kier molecular flexibility index (Phi) is 26.5. The van der Waals surface area contributed by atoms with Gasteiger partial charge in [0.05, 0.1) is 41.4 Å². The lowest BCUT2D eigenvalue weighted by molar-refractivity contribution is -0.383. The molecule has 6 rings (SSSR count). The minimum absolute atomic E-state index is 0.0352. The smallest absolute Gasteiger partial charge is 0.389 e.